The molecular formula is C16H14O6. The van der Waals surface area contributed by atoms with E-state index < -0.39 is 29.1 Å². The summed E-state index contributed by atoms with van der Waals surface area (Å²) in [5, 5.41) is 0.617. The number of rotatable bonds is 1. The van der Waals surface area contributed by atoms with E-state index in [1.54, 1.807) is 32.0 Å². The van der Waals surface area contributed by atoms with Crippen molar-refractivity contribution in [2.45, 2.75) is 32.5 Å². The fourth-order valence-electron chi connectivity index (χ4n) is 2.52. The molecule has 0 saturated heterocycles. The van der Waals surface area contributed by atoms with Gasteiger partial charge in [-0.15, -0.1) is 0 Å². The van der Waals surface area contributed by atoms with Gasteiger partial charge in [-0.05, 0) is 32.0 Å². The fraction of sp³-hybridized carbons (Fsp3) is 0.312. The lowest BCUT2D eigenvalue weighted by Gasteiger charge is -2.35. The topological polar surface area (TPSA) is 82.8 Å². The summed E-state index contributed by atoms with van der Waals surface area (Å²) in [5.41, 5.74) is -1.23. The second kappa shape index (κ2) is 4.69. The van der Waals surface area contributed by atoms with E-state index in [1.165, 1.54) is 13.0 Å². The number of esters is 1. The van der Waals surface area contributed by atoms with Crippen LogP contribution in [-0.4, -0.2) is 17.4 Å². The number of Topliss-reactive ketones (excluding diaryl/α,β-unsaturated/α-hetero) is 1. The van der Waals surface area contributed by atoms with Crippen LogP contribution in [0.5, 0.6) is 5.75 Å². The van der Waals surface area contributed by atoms with Gasteiger partial charge in [0.25, 0.3) is 0 Å². The second-order valence-electron chi connectivity index (χ2n) is 5.62. The van der Waals surface area contributed by atoms with Crippen LogP contribution in [0.1, 0.15) is 32.4 Å². The molecule has 22 heavy (non-hydrogen) atoms. The zero-order valence-corrected chi connectivity index (χ0v) is 12.3. The lowest BCUT2D eigenvalue weighted by Crippen LogP contribution is -2.46. The van der Waals surface area contributed by atoms with Crippen molar-refractivity contribution in [1.82, 2.24) is 0 Å². The minimum Gasteiger partial charge on any atom is -0.479 e. The van der Waals surface area contributed by atoms with Crippen LogP contribution in [0.3, 0.4) is 0 Å². The Morgan fingerprint density at radius 2 is 1.86 bits per heavy atom. The number of hydrogen-bond donors (Lipinski definition) is 0. The van der Waals surface area contributed by atoms with Gasteiger partial charge in [0.1, 0.15) is 11.3 Å². The highest BCUT2D eigenvalue weighted by atomic mass is 16.6. The Morgan fingerprint density at radius 3 is 2.55 bits per heavy atom. The summed E-state index contributed by atoms with van der Waals surface area (Å²) in [6.07, 6.45) is -1.16. The number of ketones is 1. The molecule has 0 bridgehead atoms. The highest BCUT2D eigenvalue weighted by molar-refractivity contribution is 5.99. The molecule has 0 radical (unpaired) electrons. The predicted octanol–water partition coefficient (Wildman–Crippen LogP) is 2.14. The smallest absolute Gasteiger partial charge is 0.336 e. The van der Waals surface area contributed by atoms with E-state index in [0.29, 0.717) is 11.1 Å². The van der Waals surface area contributed by atoms with Gasteiger partial charge in [-0.2, -0.15) is 0 Å². The van der Waals surface area contributed by atoms with E-state index in [-0.39, 0.29) is 11.1 Å². The first kappa shape index (κ1) is 14.3. The van der Waals surface area contributed by atoms with E-state index >= 15 is 0 Å². The highest BCUT2D eigenvalue weighted by Crippen LogP contribution is 2.42. The molecule has 0 spiro atoms. The lowest BCUT2D eigenvalue weighted by molar-refractivity contribution is -0.161. The second-order valence-corrected chi connectivity index (χ2v) is 5.62. The van der Waals surface area contributed by atoms with Gasteiger partial charge in [-0.3, -0.25) is 9.59 Å². The summed E-state index contributed by atoms with van der Waals surface area (Å²) >= 11 is 0. The Morgan fingerprint density at radius 1 is 1.18 bits per heavy atom. The molecule has 2 aromatic rings. The average molecular weight is 302 g/mol. The van der Waals surface area contributed by atoms with E-state index in [2.05, 4.69) is 0 Å². The molecule has 1 aliphatic heterocycles. The van der Waals surface area contributed by atoms with Crippen LogP contribution in [0, 0.1) is 0 Å². The third-order valence-electron chi connectivity index (χ3n) is 3.53. The Balaban J connectivity index is 2.33. The van der Waals surface area contributed by atoms with Crippen LogP contribution < -0.4 is 10.4 Å². The van der Waals surface area contributed by atoms with Gasteiger partial charge in [0.15, 0.2) is 11.7 Å². The van der Waals surface area contributed by atoms with Gasteiger partial charge in [0.05, 0.1) is 5.56 Å². The number of hydrogen-bond acceptors (Lipinski definition) is 6. The minimum absolute atomic E-state index is 0.195. The zero-order valence-electron chi connectivity index (χ0n) is 12.3. The highest BCUT2D eigenvalue weighted by Gasteiger charge is 2.46. The van der Waals surface area contributed by atoms with Crippen molar-refractivity contribution in [3.8, 4) is 5.75 Å². The maximum Gasteiger partial charge on any atom is 0.336 e. The largest absolute Gasteiger partial charge is 0.479 e. The number of ether oxygens (including phenoxy) is 2. The Hall–Kier alpha value is -2.63. The molecule has 1 atom stereocenters. The number of carbonyl (C=O) groups excluding carboxylic acids is 2. The Bertz CT molecular complexity index is 845. The summed E-state index contributed by atoms with van der Waals surface area (Å²) in [6, 6.07) is 6.25. The molecule has 0 fully saturated rings. The fourth-order valence-corrected chi connectivity index (χ4v) is 2.52. The predicted molar refractivity (Wildman–Crippen MR) is 76.7 cm³/mol. The molecule has 0 amide bonds. The molecule has 114 valence electrons. The molecule has 2 heterocycles. The monoisotopic (exact) mass is 302 g/mol. The first-order chi connectivity index (χ1) is 10.3. The van der Waals surface area contributed by atoms with Crippen molar-refractivity contribution in [3.63, 3.8) is 0 Å². The summed E-state index contributed by atoms with van der Waals surface area (Å²) in [7, 11) is 0. The average Bonchev–Trinajstić information content (AvgIpc) is 2.42. The minimum atomic E-state index is -1.16. The van der Waals surface area contributed by atoms with E-state index in [0.717, 1.165) is 0 Å². The lowest BCUT2D eigenvalue weighted by atomic mass is 9.89. The van der Waals surface area contributed by atoms with Crippen molar-refractivity contribution >= 4 is 22.7 Å². The van der Waals surface area contributed by atoms with Gasteiger partial charge in [0, 0.05) is 18.4 Å². The molecule has 1 unspecified atom stereocenters. The summed E-state index contributed by atoms with van der Waals surface area (Å²) in [6.45, 7) is 4.41. The number of carbonyl (C=O) groups is 2. The molecule has 1 aliphatic rings. The third-order valence-corrected chi connectivity index (χ3v) is 3.53. The van der Waals surface area contributed by atoms with Gasteiger partial charge >= 0.3 is 11.6 Å². The molecule has 0 saturated carbocycles. The van der Waals surface area contributed by atoms with Crippen molar-refractivity contribution in [3.05, 3.63) is 40.2 Å². The van der Waals surface area contributed by atoms with Gasteiger partial charge in [0.2, 0.25) is 5.78 Å². The van der Waals surface area contributed by atoms with Crippen LogP contribution in [-0.2, 0) is 14.3 Å². The number of fused-ring (bicyclic) bond motifs is 3. The zero-order chi connectivity index (χ0) is 16.1. The van der Waals surface area contributed by atoms with Crippen molar-refractivity contribution in [2.75, 3.05) is 0 Å². The van der Waals surface area contributed by atoms with Crippen molar-refractivity contribution in [2.24, 2.45) is 0 Å². The third kappa shape index (κ3) is 2.16. The summed E-state index contributed by atoms with van der Waals surface area (Å²) in [5.74, 6) is -0.649. The molecule has 0 aliphatic carbocycles. The molecule has 1 aromatic carbocycles. The summed E-state index contributed by atoms with van der Waals surface area (Å²) < 4.78 is 16.1. The maximum absolute atomic E-state index is 12.6. The molecule has 1 aromatic heterocycles. The quantitative estimate of drug-likeness (QED) is 0.593. The molecule has 6 heteroatoms. The normalized spacial score (nSPS) is 19.4. The maximum atomic E-state index is 12.6. The van der Waals surface area contributed by atoms with Crippen LogP contribution in [0.4, 0.5) is 0 Å². The Labute approximate surface area is 125 Å². The molecular weight excluding hydrogens is 288 g/mol. The summed E-state index contributed by atoms with van der Waals surface area (Å²) in [4.78, 5) is 35.4. The number of benzene rings is 1. The van der Waals surface area contributed by atoms with E-state index in [1.807, 2.05) is 0 Å². The SMILES string of the molecule is CC(=O)OC1C(=O)C(C)(C)Oc2ccc3ccc(=O)oc3c21. The molecule has 3 rings (SSSR count). The van der Waals surface area contributed by atoms with Crippen LogP contribution in [0.25, 0.3) is 11.0 Å². The molecule has 0 N–H and O–H groups in total. The van der Waals surface area contributed by atoms with Crippen molar-refractivity contribution < 1.29 is 23.5 Å². The standard InChI is InChI=1S/C16H14O6/c1-8(17)20-14-12-10(22-16(2,3)15(14)19)6-4-9-5-7-11(18)21-13(9)12/h4-7,14H,1-3H3. The first-order valence-electron chi connectivity index (χ1n) is 6.77. The first-order valence-corrected chi connectivity index (χ1v) is 6.77. The van der Waals surface area contributed by atoms with E-state index in [4.69, 9.17) is 13.9 Å². The van der Waals surface area contributed by atoms with Gasteiger partial charge in [-0.25, -0.2) is 4.79 Å². The van der Waals surface area contributed by atoms with Gasteiger partial charge < -0.3 is 13.9 Å². The van der Waals surface area contributed by atoms with Crippen LogP contribution in [0.2, 0.25) is 0 Å². The van der Waals surface area contributed by atoms with Gasteiger partial charge in [-0.1, -0.05) is 0 Å². The van der Waals surface area contributed by atoms with Crippen molar-refractivity contribution in [1.29, 1.82) is 0 Å². The Kier molecular flexibility index (Phi) is 3.05. The van der Waals surface area contributed by atoms with Crippen LogP contribution in [0.15, 0.2) is 33.5 Å². The van der Waals surface area contributed by atoms with Crippen LogP contribution >= 0.6 is 0 Å². The van der Waals surface area contributed by atoms with E-state index in [9.17, 15) is 14.4 Å². The molecule has 6 nitrogen and oxygen atoms in total.